The molecule has 0 radical (unpaired) electrons. The van der Waals surface area contributed by atoms with E-state index in [-0.39, 0.29) is 18.0 Å². The van der Waals surface area contributed by atoms with Crippen molar-refractivity contribution < 1.29 is 17.5 Å². The van der Waals surface area contributed by atoms with Crippen LogP contribution >= 0.6 is 0 Å². The molecule has 0 atom stereocenters. The van der Waals surface area contributed by atoms with Gasteiger partial charge in [0.2, 0.25) is 10.0 Å². The molecule has 0 spiro atoms. The molecule has 0 aromatic heterocycles. The molecule has 0 heterocycles. The Kier molecular flexibility index (Phi) is 5.52. The van der Waals surface area contributed by atoms with E-state index in [0.717, 1.165) is 6.07 Å². The van der Waals surface area contributed by atoms with E-state index in [1.54, 1.807) is 6.92 Å². The van der Waals surface area contributed by atoms with E-state index >= 15 is 0 Å². The van der Waals surface area contributed by atoms with Gasteiger partial charge in [0.25, 0.3) is 0 Å². The minimum Gasteiger partial charge on any atom is -0.379 e. The van der Waals surface area contributed by atoms with Gasteiger partial charge in [0.05, 0.1) is 24.7 Å². The van der Waals surface area contributed by atoms with E-state index in [1.807, 2.05) is 0 Å². The van der Waals surface area contributed by atoms with Crippen LogP contribution in [0, 0.1) is 12.7 Å². The van der Waals surface area contributed by atoms with Gasteiger partial charge in [-0.25, -0.2) is 12.8 Å². The van der Waals surface area contributed by atoms with Crippen LogP contribution in [0.4, 0.5) is 10.1 Å². The van der Waals surface area contributed by atoms with Crippen molar-refractivity contribution >= 4 is 15.7 Å². The highest BCUT2D eigenvalue weighted by Crippen LogP contribution is 2.14. The lowest BCUT2D eigenvalue weighted by atomic mass is 10.2. The van der Waals surface area contributed by atoms with Crippen molar-refractivity contribution in [2.45, 2.75) is 6.92 Å². The number of anilines is 1. The van der Waals surface area contributed by atoms with Gasteiger partial charge < -0.3 is 10.5 Å². The molecule has 0 fully saturated rings. The summed E-state index contributed by atoms with van der Waals surface area (Å²) in [7, 11) is -3.53. The molecule has 0 bridgehead atoms. The molecule has 18 heavy (non-hydrogen) atoms. The van der Waals surface area contributed by atoms with E-state index in [9.17, 15) is 12.8 Å². The van der Waals surface area contributed by atoms with Crippen molar-refractivity contribution in [1.29, 1.82) is 0 Å². The molecule has 0 aliphatic rings. The van der Waals surface area contributed by atoms with Crippen LogP contribution in [-0.4, -0.2) is 33.9 Å². The third kappa shape index (κ3) is 4.99. The summed E-state index contributed by atoms with van der Waals surface area (Å²) < 4.78 is 43.7. The fourth-order valence-corrected chi connectivity index (χ4v) is 2.17. The van der Waals surface area contributed by atoms with Crippen LogP contribution in [0.1, 0.15) is 5.56 Å². The first kappa shape index (κ1) is 14.9. The molecule has 1 aromatic rings. The minimum absolute atomic E-state index is 0.0564. The molecule has 1 rings (SSSR count). The van der Waals surface area contributed by atoms with E-state index in [0.29, 0.717) is 18.7 Å². The fourth-order valence-electron chi connectivity index (χ4n) is 1.24. The Bertz CT molecular complexity index is 491. The Morgan fingerprint density at radius 3 is 2.72 bits per heavy atom. The van der Waals surface area contributed by atoms with E-state index < -0.39 is 15.8 Å². The van der Waals surface area contributed by atoms with Gasteiger partial charge in [-0.15, -0.1) is 0 Å². The molecule has 5 nitrogen and oxygen atoms in total. The van der Waals surface area contributed by atoms with Crippen LogP contribution in [0.3, 0.4) is 0 Å². The maximum absolute atomic E-state index is 13.2. The summed E-state index contributed by atoms with van der Waals surface area (Å²) >= 11 is 0. The second-order valence-corrected chi connectivity index (χ2v) is 5.63. The summed E-state index contributed by atoms with van der Waals surface area (Å²) in [5.41, 5.74) is 5.87. The van der Waals surface area contributed by atoms with Crippen LogP contribution in [-0.2, 0) is 14.8 Å². The Morgan fingerprint density at radius 1 is 1.39 bits per heavy atom. The minimum atomic E-state index is -3.53. The first-order chi connectivity index (χ1) is 8.44. The summed E-state index contributed by atoms with van der Waals surface area (Å²) in [5.74, 6) is -0.641. The number of hydrogen-bond donors (Lipinski definition) is 2. The maximum atomic E-state index is 13.2. The average Bonchev–Trinajstić information content (AvgIpc) is 2.29. The molecule has 0 saturated carbocycles. The van der Waals surface area contributed by atoms with Crippen molar-refractivity contribution in [3.05, 3.63) is 29.6 Å². The number of halogens is 1. The number of rotatable bonds is 7. The Balaban J connectivity index is 2.56. The predicted octanol–water partition coefficient (Wildman–Crippen LogP) is 0.851. The molecule has 0 unspecified atom stereocenters. The summed E-state index contributed by atoms with van der Waals surface area (Å²) in [5, 5.41) is 0. The maximum Gasteiger partial charge on any atom is 0.235 e. The van der Waals surface area contributed by atoms with Gasteiger partial charge in [0, 0.05) is 6.54 Å². The van der Waals surface area contributed by atoms with Crippen LogP contribution in [0.15, 0.2) is 18.2 Å². The summed E-state index contributed by atoms with van der Waals surface area (Å²) in [6, 6.07) is 4.17. The van der Waals surface area contributed by atoms with Gasteiger partial charge in [0.1, 0.15) is 5.82 Å². The molecule has 3 N–H and O–H groups in total. The van der Waals surface area contributed by atoms with Gasteiger partial charge in [-0.1, -0.05) is 6.07 Å². The lowest BCUT2D eigenvalue weighted by Crippen LogP contribution is -2.21. The third-order valence-corrected chi connectivity index (χ3v) is 3.45. The first-order valence-corrected chi connectivity index (χ1v) is 7.14. The lowest BCUT2D eigenvalue weighted by molar-refractivity contribution is 0.157. The lowest BCUT2D eigenvalue weighted by Gasteiger charge is -2.09. The molecule has 102 valence electrons. The van der Waals surface area contributed by atoms with Crippen molar-refractivity contribution in [3.8, 4) is 0 Å². The molecular formula is C11H17FN2O3S. The molecule has 0 aliphatic carbocycles. The van der Waals surface area contributed by atoms with Crippen molar-refractivity contribution in [2.75, 3.05) is 30.2 Å². The van der Waals surface area contributed by atoms with Gasteiger partial charge >= 0.3 is 0 Å². The van der Waals surface area contributed by atoms with Crippen molar-refractivity contribution in [1.82, 2.24) is 0 Å². The van der Waals surface area contributed by atoms with E-state index in [4.69, 9.17) is 10.5 Å². The number of nitrogens with two attached hydrogens (primary N) is 1. The normalized spacial score (nSPS) is 11.5. The van der Waals surface area contributed by atoms with Gasteiger partial charge in [0.15, 0.2) is 0 Å². The van der Waals surface area contributed by atoms with Gasteiger partial charge in [-0.3, -0.25) is 4.72 Å². The highest BCUT2D eigenvalue weighted by molar-refractivity contribution is 7.92. The highest BCUT2D eigenvalue weighted by Gasteiger charge is 2.11. The first-order valence-electron chi connectivity index (χ1n) is 5.49. The van der Waals surface area contributed by atoms with Crippen LogP contribution in [0.2, 0.25) is 0 Å². The van der Waals surface area contributed by atoms with Gasteiger partial charge in [-0.05, 0) is 24.6 Å². The zero-order chi connectivity index (χ0) is 13.6. The summed E-state index contributed by atoms with van der Waals surface area (Å²) in [4.78, 5) is 0. The SMILES string of the molecule is Cc1ccc(NS(=O)(=O)CCOCCN)cc1F. The number of aryl methyl sites for hydroxylation is 1. The van der Waals surface area contributed by atoms with Crippen LogP contribution in [0.5, 0.6) is 0 Å². The summed E-state index contributed by atoms with van der Waals surface area (Å²) in [6.07, 6.45) is 0. The largest absolute Gasteiger partial charge is 0.379 e. The van der Waals surface area contributed by atoms with E-state index in [1.165, 1.54) is 12.1 Å². The quantitative estimate of drug-likeness (QED) is 0.723. The average molecular weight is 276 g/mol. The number of hydrogen-bond acceptors (Lipinski definition) is 4. The number of nitrogens with one attached hydrogen (secondary N) is 1. The number of ether oxygens (including phenoxy) is 1. The Labute approximate surface area is 106 Å². The third-order valence-electron chi connectivity index (χ3n) is 2.20. The molecular weight excluding hydrogens is 259 g/mol. The molecule has 0 amide bonds. The Hall–Kier alpha value is -1.18. The molecule has 0 saturated heterocycles. The molecule has 7 heteroatoms. The van der Waals surface area contributed by atoms with Gasteiger partial charge in [-0.2, -0.15) is 0 Å². The second-order valence-electron chi connectivity index (χ2n) is 3.79. The predicted molar refractivity (Wildman–Crippen MR) is 68.4 cm³/mol. The second kappa shape index (κ2) is 6.67. The molecule has 0 aliphatic heterocycles. The van der Waals surface area contributed by atoms with E-state index in [2.05, 4.69) is 4.72 Å². The standard InChI is InChI=1S/C11H17FN2O3S/c1-9-2-3-10(8-11(9)12)14-18(15,16)7-6-17-5-4-13/h2-3,8,14H,4-7,13H2,1H3. The monoisotopic (exact) mass is 276 g/mol. The number of benzene rings is 1. The van der Waals surface area contributed by atoms with Crippen LogP contribution < -0.4 is 10.5 Å². The number of sulfonamides is 1. The molecule has 1 aromatic carbocycles. The fraction of sp³-hybridized carbons (Fsp3) is 0.455. The van der Waals surface area contributed by atoms with Crippen LogP contribution in [0.25, 0.3) is 0 Å². The summed E-state index contributed by atoms with van der Waals surface area (Å²) in [6.45, 7) is 2.32. The zero-order valence-corrected chi connectivity index (χ0v) is 11.0. The smallest absolute Gasteiger partial charge is 0.235 e. The Morgan fingerprint density at radius 2 is 2.11 bits per heavy atom. The topological polar surface area (TPSA) is 81.4 Å². The zero-order valence-electron chi connectivity index (χ0n) is 10.1. The van der Waals surface area contributed by atoms with Crippen molar-refractivity contribution in [3.63, 3.8) is 0 Å². The highest BCUT2D eigenvalue weighted by atomic mass is 32.2. The van der Waals surface area contributed by atoms with Crippen molar-refractivity contribution in [2.24, 2.45) is 5.73 Å².